The topological polar surface area (TPSA) is 96.3 Å². The summed E-state index contributed by atoms with van der Waals surface area (Å²) in [5, 5.41) is 0. The molecular weight excluding hydrogens is 382 g/mol. The monoisotopic (exact) mass is 405 g/mol. The van der Waals surface area contributed by atoms with Gasteiger partial charge in [-0.3, -0.25) is 9.59 Å². The highest BCUT2D eigenvalue weighted by molar-refractivity contribution is 7.90. The molecule has 0 spiro atoms. The van der Waals surface area contributed by atoms with Crippen LogP contribution in [0.5, 0.6) is 0 Å². The van der Waals surface area contributed by atoms with Crippen molar-refractivity contribution in [1.82, 2.24) is 9.80 Å². The zero-order chi connectivity index (χ0) is 19.7. The third kappa shape index (κ3) is 3.63. The first-order valence-electron chi connectivity index (χ1n) is 9.59. The maximum atomic E-state index is 12.5. The third-order valence-corrected chi connectivity index (χ3v) is 6.79. The largest absolute Gasteiger partial charge is 0.455 e. The lowest BCUT2D eigenvalue weighted by atomic mass is 9.97. The number of amides is 1. The molecule has 9 heteroatoms. The minimum Gasteiger partial charge on any atom is -0.455 e. The molecule has 0 aliphatic carbocycles. The van der Waals surface area contributed by atoms with Crippen molar-refractivity contribution in [3.05, 3.63) is 29.8 Å². The molecule has 3 aliphatic rings. The van der Waals surface area contributed by atoms with Crippen LogP contribution in [0, 0.1) is 5.92 Å². The Morgan fingerprint density at radius 2 is 1.86 bits per heavy atom. The predicted molar refractivity (Wildman–Crippen MR) is 101 cm³/mol. The molecule has 0 N–H and O–H groups in total. The summed E-state index contributed by atoms with van der Waals surface area (Å²) in [6.45, 7) is 2.18. The average Bonchev–Trinajstić information content (AvgIpc) is 3.33. The van der Waals surface area contributed by atoms with Crippen LogP contribution in [0.25, 0.3) is 0 Å². The second-order valence-corrected chi connectivity index (χ2v) is 8.94. The molecule has 8 nitrogen and oxygen atoms in total. The second kappa shape index (κ2) is 7.54. The number of benzene rings is 1. The number of hydrogen-bond acceptors (Lipinski definition) is 6. The molecule has 3 heterocycles. The normalized spacial score (nSPS) is 23.3. The van der Waals surface area contributed by atoms with Gasteiger partial charge >= 0.3 is 5.97 Å². The molecule has 0 bridgehead atoms. The van der Waals surface area contributed by atoms with E-state index in [1.54, 1.807) is 29.2 Å². The van der Waals surface area contributed by atoms with E-state index in [0.717, 1.165) is 32.4 Å². The van der Waals surface area contributed by atoms with Gasteiger partial charge in [0, 0.05) is 31.7 Å². The smallest absolute Gasteiger partial charge is 0.311 e. The van der Waals surface area contributed by atoms with Gasteiger partial charge < -0.3 is 14.5 Å². The second-order valence-electron chi connectivity index (χ2n) is 7.37. The summed E-state index contributed by atoms with van der Waals surface area (Å²) in [5.41, 5.74) is 0.570. The summed E-state index contributed by atoms with van der Waals surface area (Å²) >= 11 is 0. The molecule has 1 amide bonds. The van der Waals surface area contributed by atoms with Crippen LogP contribution in [0.1, 0.15) is 31.2 Å². The van der Waals surface area contributed by atoms with Crippen molar-refractivity contribution in [2.45, 2.75) is 30.6 Å². The molecule has 0 radical (unpaired) electrons. The zero-order valence-electron chi connectivity index (χ0n) is 15.5. The van der Waals surface area contributed by atoms with Crippen LogP contribution >= 0.6 is 0 Å². The van der Waals surface area contributed by atoms with E-state index in [1.807, 2.05) is 4.90 Å². The maximum Gasteiger partial charge on any atom is 0.311 e. The molecule has 1 aromatic carbocycles. The summed E-state index contributed by atoms with van der Waals surface area (Å²) in [5.74, 6) is -0.578. The summed E-state index contributed by atoms with van der Waals surface area (Å²) < 4.78 is 33.8. The Kier molecular flexibility index (Phi) is 5.09. The molecule has 1 atom stereocenters. The lowest BCUT2D eigenvalue weighted by Crippen LogP contribution is -2.43. The Balaban J connectivity index is 1.41. The third-order valence-electron chi connectivity index (χ3n) is 5.46. The summed E-state index contributed by atoms with van der Waals surface area (Å²) in [6, 6.07) is 6.72. The van der Waals surface area contributed by atoms with Crippen LogP contribution < -0.4 is 0 Å². The summed E-state index contributed by atoms with van der Waals surface area (Å²) in [4.78, 5) is 28.3. The van der Waals surface area contributed by atoms with Crippen molar-refractivity contribution in [2.24, 2.45) is 10.3 Å². The highest BCUT2D eigenvalue weighted by Gasteiger charge is 2.35. The number of piperidine rings is 1. The zero-order valence-corrected chi connectivity index (χ0v) is 16.4. The fourth-order valence-corrected chi connectivity index (χ4v) is 5.21. The molecule has 3 aliphatic heterocycles. The Morgan fingerprint density at radius 3 is 2.64 bits per heavy atom. The lowest BCUT2D eigenvalue weighted by Gasteiger charge is -2.33. The quantitative estimate of drug-likeness (QED) is 0.697. The SMILES string of the molecule is O=C(OCC(=O)N1CCCC1)[C@@H]1CCCN(C2=NS(=O)(=O)c3ccccc32)C1. The molecule has 0 aromatic heterocycles. The Labute approximate surface area is 164 Å². The molecular formula is C19H23N3O5S. The number of sulfonamides is 1. The minimum atomic E-state index is -3.69. The van der Waals surface area contributed by atoms with Crippen molar-refractivity contribution in [2.75, 3.05) is 32.8 Å². The first kappa shape index (κ1) is 18.9. The number of amidine groups is 1. The van der Waals surface area contributed by atoms with E-state index in [0.29, 0.717) is 30.9 Å². The van der Waals surface area contributed by atoms with Crippen LogP contribution in [0.15, 0.2) is 33.6 Å². The van der Waals surface area contributed by atoms with Crippen molar-refractivity contribution >= 4 is 27.7 Å². The van der Waals surface area contributed by atoms with E-state index in [-0.39, 0.29) is 17.4 Å². The summed E-state index contributed by atoms with van der Waals surface area (Å²) in [7, 11) is -3.69. The van der Waals surface area contributed by atoms with Crippen molar-refractivity contribution < 1.29 is 22.7 Å². The summed E-state index contributed by atoms with van der Waals surface area (Å²) in [6.07, 6.45) is 3.35. The van der Waals surface area contributed by atoms with Gasteiger partial charge in [-0.05, 0) is 37.8 Å². The fourth-order valence-electron chi connectivity index (χ4n) is 3.99. The minimum absolute atomic E-state index is 0.154. The van der Waals surface area contributed by atoms with Gasteiger partial charge in [0.15, 0.2) is 12.4 Å². The number of likely N-dealkylation sites (tertiary alicyclic amines) is 2. The number of hydrogen-bond donors (Lipinski definition) is 0. The van der Waals surface area contributed by atoms with E-state index in [2.05, 4.69) is 4.40 Å². The Hall–Kier alpha value is -2.42. The van der Waals surface area contributed by atoms with Gasteiger partial charge in [-0.2, -0.15) is 8.42 Å². The van der Waals surface area contributed by atoms with Crippen LogP contribution in [0.2, 0.25) is 0 Å². The molecule has 28 heavy (non-hydrogen) atoms. The van der Waals surface area contributed by atoms with Gasteiger partial charge in [0.25, 0.3) is 15.9 Å². The molecule has 0 saturated carbocycles. The van der Waals surface area contributed by atoms with Crippen molar-refractivity contribution in [3.63, 3.8) is 0 Å². The van der Waals surface area contributed by atoms with E-state index < -0.39 is 21.9 Å². The number of fused-ring (bicyclic) bond motifs is 1. The Bertz CT molecular complexity index is 921. The standard InChI is InChI=1S/C19H23N3O5S/c23-17(21-9-3-4-10-21)13-27-19(24)14-6-5-11-22(12-14)18-15-7-1-2-8-16(15)28(25,26)20-18/h1-2,7-8,14H,3-6,9-13H2/t14-/m1/s1. The number of esters is 1. The van der Waals surface area contributed by atoms with Gasteiger partial charge in [-0.15, -0.1) is 4.40 Å². The lowest BCUT2D eigenvalue weighted by molar-refractivity contribution is -0.156. The Morgan fingerprint density at radius 1 is 1.11 bits per heavy atom. The van der Waals surface area contributed by atoms with Crippen LogP contribution in [-0.2, 0) is 24.3 Å². The van der Waals surface area contributed by atoms with Crippen LogP contribution in [0.3, 0.4) is 0 Å². The van der Waals surface area contributed by atoms with Gasteiger partial charge in [0.2, 0.25) is 0 Å². The predicted octanol–water partition coefficient (Wildman–Crippen LogP) is 1.01. The highest BCUT2D eigenvalue weighted by Crippen LogP contribution is 2.30. The number of carbonyl (C=O) groups excluding carboxylic acids is 2. The van der Waals surface area contributed by atoms with Crippen LogP contribution in [0.4, 0.5) is 0 Å². The molecule has 150 valence electrons. The molecule has 2 saturated heterocycles. The highest BCUT2D eigenvalue weighted by atomic mass is 32.2. The van der Waals surface area contributed by atoms with Gasteiger partial charge in [0.1, 0.15) is 4.90 Å². The maximum absolute atomic E-state index is 12.5. The number of carbonyl (C=O) groups is 2. The molecule has 2 fully saturated rings. The number of nitrogens with zero attached hydrogens (tertiary/aromatic N) is 3. The molecule has 0 unspecified atom stereocenters. The van der Waals surface area contributed by atoms with E-state index in [1.165, 1.54) is 0 Å². The van der Waals surface area contributed by atoms with Crippen LogP contribution in [-0.4, -0.2) is 68.7 Å². The van der Waals surface area contributed by atoms with Crippen molar-refractivity contribution in [1.29, 1.82) is 0 Å². The van der Waals surface area contributed by atoms with E-state index in [4.69, 9.17) is 4.74 Å². The number of rotatable bonds is 3. The molecule has 4 rings (SSSR count). The van der Waals surface area contributed by atoms with E-state index >= 15 is 0 Å². The van der Waals surface area contributed by atoms with Gasteiger partial charge in [-0.1, -0.05) is 12.1 Å². The first-order valence-corrected chi connectivity index (χ1v) is 11.0. The fraction of sp³-hybridized carbons (Fsp3) is 0.526. The van der Waals surface area contributed by atoms with E-state index in [9.17, 15) is 18.0 Å². The van der Waals surface area contributed by atoms with Gasteiger partial charge in [0.05, 0.1) is 5.92 Å². The first-order chi connectivity index (χ1) is 13.5. The van der Waals surface area contributed by atoms with Gasteiger partial charge in [-0.25, -0.2) is 0 Å². The number of ether oxygens (including phenoxy) is 1. The molecule has 1 aromatic rings. The average molecular weight is 405 g/mol. The van der Waals surface area contributed by atoms with Crippen molar-refractivity contribution in [3.8, 4) is 0 Å².